The van der Waals surface area contributed by atoms with Crippen LogP contribution in [0.4, 0.5) is 11.6 Å². The SMILES string of the molecule is C=CCn1c(=O)c2cnc(Nc3ccc4c(c3)CC(NC)C4)nc2n1-c1cccc(C(C)(C)C)n1. The van der Waals surface area contributed by atoms with Gasteiger partial charge in [-0.1, -0.05) is 39.0 Å². The van der Waals surface area contributed by atoms with Crippen molar-refractivity contribution in [3.8, 4) is 5.82 Å². The van der Waals surface area contributed by atoms with E-state index in [0.717, 1.165) is 24.2 Å². The Morgan fingerprint density at radius 1 is 1.14 bits per heavy atom. The van der Waals surface area contributed by atoms with Crippen LogP contribution in [0.3, 0.4) is 0 Å². The van der Waals surface area contributed by atoms with Gasteiger partial charge in [0.25, 0.3) is 5.56 Å². The number of likely N-dealkylation sites (N-methyl/N-ethyl adjacent to an activating group) is 1. The lowest BCUT2D eigenvalue weighted by Crippen LogP contribution is -2.24. The number of nitrogens with one attached hydrogen (secondary N) is 2. The summed E-state index contributed by atoms with van der Waals surface area (Å²) in [6.45, 7) is 10.5. The molecule has 3 aromatic heterocycles. The summed E-state index contributed by atoms with van der Waals surface area (Å²) in [6.07, 6.45) is 5.32. The van der Waals surface area contributed by atoms with E-state index in [1.165, 1.54) is 11.1 Å². The first-order valence-corrected chi connectivity index (χ1v) is 11.9. The van der Waals surface area contributed by atoms with Crippen LogP contribution < -0.4 is 16.2 Å². The number of rotatable bonds is 6. The first kappa shape index (κ1) is 23.0. The van der Waals surface area contributed by atoms with E-state index in [1.54, 1.807) is 21.6 Å². The van der Waals surface area contributed by atoms with Crippen molar-refractivity contribution in [2.24, 2.45) is 0 Å². The smallest absolute Gasteiger partial charge is 0.278 e. The van der Waals surface area contributed by atoms with Crippen LogP contribution in [-0.4, -0.2) is 37.4 Å². The first-order chi connectivity index (χ1) is 16.8. The Bertz CT molecular complexity index is 1480. The van der Waals surface area contributed by atoms with E-state index >= 15 is 0 Å². The van der Waals surface area contributed by atoms with Crippen LogP contribution in [-0.2, 0) is 24.8 Å². The molecule has 0 saturated heterocycles. The molecule has 0 aliphatic heterocycles. The molecule has 1 unspecified atom stereocenters. The topological polar surface area (TPSA) is 89.7 Å². The zero-order chi connectivity index (χ0) is 24.7. The molecule has 3 heterocycles. The molecule has 1 aliphatic rings. The van der Waals surface area contributed by atoms with Crippen LogP contribution in [0.1, 0.15) is 37.6 Å². The Kier molecular flexibility index (Phi) is 5.76. The van der Waals surface area contributed by atoms with Gasteiger partial charge in [-0.15, -0.1) is 6.58 Å². The van der Waals surface area contributed by atoms with Gasteiger partial charge < -0.3 is 10.6 Å². The van der Waals surface area contributed by atoms with Crippen molar-refractivity contribution in [3.05, 3.63) is 82.4 Å². The number of hydrogen-bond acceptors (Lipinski definition) is 6. The number of pyridine rings is 1. The minimum absolute atomic E-state index is 0.135. The third kappa shape index (κ3) is 4.25. The van der Waals surface area contributed by atoms with Crippen molar-refractivity contribution in [1.82, 2.24) is 29.6 Å². The quantitative estimate of drug-likeness (QED) is 0.417. The van der Waals surface area contributed by atoms with E-state index in [-0.39, 0.29) is 11.0 Å². The van der Waals surface area contributed by atoms with Gasteiger partial charge >= 0.3 is 0 Å². The molecule has 1 atom stereocenters. The second-order valence-electron chi connectivity index (χ2n) is 10.1. The summed E-state index contributed by atoms with van der Waals surface area (Å²) in [5.74, 6) is 1.06. The van der Waals surface area contributed by atoms with Crippen molar-refractivity contribution in [1.29, 1.82) is 0 Å². The summed E-state index contributed by atoms with van der Waals surface area (Å²) in [4.78, 5) is 27.3. The second-order valence-corrected chi connectivity index (χ2v) is 10.1. The number of nitrogens with zero attached hydrogens (tertiary/aromatic N) is 5. The Labute approximate surface area is 204 Å². The van der Waals surface area contributed by atoms with Gasteiger partial charge in [0.1, 0.15) is 5.39 Å². The van der Waals surface area contributed by atoms with E-state index in [9.17, 15) is 4.79 Å². The lowest BCUT2D eigenvalue weighted by molar-refractivity contribution is 0.554. The molecule has 0 saturated carbocycles. The first-order valence-electron chi connectivity index (χ1n) is 11.9. The van der Waals surface area contributed by atoms with Gasteiger partial charge in [-0.2, -0.15) is 4.98 Å². The van der Waals surface area contributed by atoms with Crippen molar-refractivity contribution >= 4 is 22.7 Å². The number of benzene rings is 1. The van der Waals surface area contributed by atoms with Crippen LogP contribution in [0.2, 0.25) is 0 Å². The molecule has 4 aromatic rings. The fourth-order valence-electron chi connectivity index (χ4n) is 4.60. The molecule has 8 nitrogen and oxygen atoms in total. The largest absolute Gasteiger partial charge is 0.324 e. The standard InChI is InChI=1S/C27H31N7O/c1-6-12-33-25(35)21-16-29-26(30-19-11-10-17-13-20(28-5)15-18(17)14-19)32-24(21)34(33)23-9-7-8-22(31-23)27(2,3)4/h6-11,14,16,20,28H,1,12-13,15H2,2-5H3,(H,29,30,32). The summed E-state index contributed by atoms with van der Waals surface area (Å²) in [6, 6.07) is 12.7. The molecular weight excluding hydrogens is 438 g/mol. The summed E-state index contributed by atoms with van der Waals surface area (Å²) in [7, 11) is 2.00. The molecule has 180 valence electrons. The zero-order valence-electron chi connectivity index (χ0n) is 20.7. The zero-order valence-corrected chi connectivity index (χ0v) is 20.7. The van der Waals surface area contributed by atoms with Crippen molar-refractivity contribution in [2.75, 3.05) is 12.4 Å². The van der Waals surface area contributed by atoms with Crippen LogP contribution in [0.5, 0.6) is 0 Å². The third-order valence-electron chi connectivity index (χ3n) is 6.50. The van der Waals surface area contributed by atoms with Crippen molar-refractivity contribution in [3.63, 3.8) is 0 Å². The molecule has 35 heavy (non-hydrogen) atoms. The van der Waals surface area contributed by atoms with E-state index in [1.807, 2.05) is 25.2 Å². The average molecular weight is 470 g/mol. The number of aromatic nitrogens is 5. The highest BCUT2D eigenvalue weighted by Gasteiger charge is 2.22. The lowest BCUT2D eigenvalue weighted by Gasteiger charge is -2.19. The Morgan fingerprint density at radius 3 is 2.69 bits per heavy atom. The fourth-order valence-corrected chi connectivity index (χ4v) is 4.60. The van der Waals surface area contributed by atoms with E-state index in [2.05, 4.69) is 61.2 Å². The van der Waals surface area contributed by atoms with Gasteiger partial charge in [-0.25, -0.2) is 19.3 Å². The third-order valence-corrected chi connectivity index (χ3v) is 6.50. The highest BCUT2D eigenvalue weighted by Crippen LogP contribution is 2.27. The van der Waals surface area contributed by atoms with Crippen molar-refractivity contribution in [2.45, 2.75) is 51.6 Å². The second kappa shape index (κ2) is 8.78. The Balaban J connectivity index is 1.59. The van der Waals surface area contributed by atoms with Gasteiger partial charge in [-0.05, 0) is 55.3 Å². The van der Waals surface area contributed by atoms with E-state index in [0.29, 0.717) is 35.4 Å². The monoisotopic (exact) mass is 469 g/mol. The molecule has 8 heteroatoms. The van der Waals surface area contributed by atoms with E-state index in [4.69, 9.17) is 9.97 Å². The predicted molar refractivity (Wildman–Crippen MR) is 140 cm³/mol. The van der Waals surface area contributed by atoms with Crippen LogP contribution in [0, 0.1) is 0 Å². The van der Waals surface area contributed by atoms with Crippen LogP contribution in [0.25, 0.3) is 16.9 Å². The maximum atomic E-state index is 13.2. The Hall–Kier alpha value is -3.78. The van der Waals surface area contributed by atoms with Gasteiger partial charge in [0.2, 0.25) is 5.95 Å². The number of allylic oxidation sites excluding steroid dienone is 1. The molecule has 0 spiro atoms. The maximum absolute atomic E-state index is 13.2. The molecule has 5 rings (SSSR count). The summed E-state index contributed by atoms with van der Waals surface area (Å²) >= 11 is 0. The molecule has 2 N–H and O–H groups in total. The van der Waals surface area contributed by atoms with Crippen LogP contribution >= 0.6 is 0 Å². The van der Waals surface area contributed by atoms with Gasteiger partial charge in [0.05, 0.1) is 6.54 Å². The van der Waals surface area contributed by atoms with Gasteiger partial charge in [0, 0.05) is 29.0 Å². The number of anilines is 2. The molecule has 0 fully saturated rings. The molecule has 0 radical (unpaired) electrons. The van der Waals surface area contributed by atoms with E-state index < -0.39 is 0 Å². The molecule has 1 aromatic carbocycles. The normalized spacial score (nSPS) is 15.4. The fraction of sp³-hybridized carbons (Fsp3) is 0.333. The van der Waals surface area contributed by atoms with Crippen LogP contribution in [0.15, 0.2) is 60.0 Å². The summed E-state index contributed by atoms with van der Waals surface area (Å²) in [5.41, 5.74) is 4.74. The van der Waals surface area contributed by atoms with Gasteiger partial charge in [0.15, 0.2) is 11.5 Å². The highest BCUT2D eigenvalue weighted by molar-refractivity contribution is 5.77. The Morgan fingerprint density at radius 2 is 1.94 bits per heavy atom. The predicted octanol–water partition coefficient (Wildman–Crippen LogP) is 3.89. The lowest BCUT2D eigenvalue weighted by atomic mass is 9.92. The minimum atomic E-state index is -0.176. The molecular formula is C27H31N7O. The number of hydrogen-bond donors (Lipinski definition) is 2. The summed E-state index contributed by atoms with van der Waals surface area (Å²) < 4.78 is 3.36. The molecule has 0 amide bonds. The molecule has 0 bridgehead atoms. The van der Waals surface area contributed by atoms with Crippen molar-refractivity contribution < 1.29 is 0 Å². The minimum Gasteiger partial charge on any atom is -0.324 e. The highest BCUT2D eigenvalue weighted by atomic mass is 16.1. The molecule has 1 aliphatic carbocycles. The maximum Gasteiger partial charge on any atom is 0.278 e. The average Bonchev–Trinajstić information content (AvgIpc) is 3.37. The number of fused-ring (bicyclic) bond motifs is 2. The van der Waals surface area contributed by atoms with Gasteiger partial charge in [-0.3, -0.25) is 4.79 Å². The summed E-state index contributed by atoms with van der Waals surface area (Å²) in [5, 5.41) is 7.12.